The van der Waals surface area contributed by atoms with Gasteiger partial charge in [0.15, 0.2) is 5.82 Å². The Hall–Kier alpha value is -2.58. The number of fused-ring (bicyclic) bond motifs is 1. The number of hydrogen-bond donors (Lipinski definition) is 1. The van der Waals surface area contributed by atoms with Crippen molar-refractivity contribution in [3.05, 3.63) is 63.5 Å². The highest BCUT2D eigenvalue weighted by Gasteiger charge is 2.51. The first kappa shape index (κ1) is 17.5. The molecule has 1 aliphatic rings. The highest BCUT2D eigenvalue weighted by Crippen LogP contribution is 2.50. The van der Waals surface area contributed by atoms with E-state index in [2.05, 4.69) is 15.4 Å². The first-order valence-corrected chi connectivity index (χ1v) is 10.8. The van der Waals surface area contributed by atoms with Crippen molar-refractivity contribution in [2.45, 2.75) is 24.7 Å². The number of benzene rings is 1. The highest BCUT2D eigenvalue weighted by atomic mass is 32.1. The van der Waals surface area contributed by atoms with E-state index in [0.29, 0.717) is 24.4 Å². The Kier molecular flexibility index (Phi) is 4.25. The fraction of sp³-hybridized carbons (Fsp3) is 0.250. The van der Waals surface area contributed by atoms with Gasteiger partial charge in [-0.2, -0.15) is 4.98 Å². The lowest BCUT2D eigenvalue weighted by atomic mass is 10.0. The van der Waals surface area contributed by atoms with E-state index >= 15 is 0 Å². The van der Waals surface area contributed by atoms with Crippen molar-refractivity contribution in [2.75, 3.05) is 6.54 Å². The number of aromatic nitrogens is 3. The summed E-state index contributed by atoms with van der Waals surface area (Å²) in [6, 6.07) is 10.5. The van der Waals surface area contributed by atoms with Gasteiger partial charge in [0.25, 0.3) is 0 Å². The van der Waals surface area contributed by atoms with Crippen molar-refractivity contribution in [3.63, 3.8) is 0 Å². The Balaban J connectivity index is 1.29. The second-order valence-corrected chi connectivity index (χ2v) is 8.69. The van der Waals surface area contributed by atoms with Gasteiger partial charge in [-0.3, -0.25) is 4.79 Å². The van der Waals surface area contributed by atoms with Gasteiger partial charge < -0.3 is 5.32 Å². The molecule has 5 rings (SSSR count). The van der Waals surface area contributed by atoms with E-state index in [0.717, 1.165) is 28.4 Å². The lowest BCUT2D eigenvalue weighted by Crippen LogP contribution is -2.35. The molecule has 28 heavy (non-hydrogen) atoms. The van der Waals surface area contributed by atoms with Crippen molar-refractivity contribution in [1.29, 1.82) is 0 Å². The molecule has 4 aromatic rings. The van der Waals surface area contributed by atoms with E-state index in [1.54, 1.807) is 34.1 Å². The minimum absolute atomic E-state index is 0.104. The first-order valence-electron chi connectivity index (χ1n) is 9.08. The minimum Gasteiger partial charge on any atom is -0.355 e. The number of nitrogens with one attached hydrogen (secondary N) is 1. The van der Waals surface area contributed by atoms with Gasteiger partial charge in [-0.15, -0.1) is 27.8 Å². The van der Waals surface area contributed by atoms with Gasteiger partial charge in [-0.25, -0.2) is 8.91 Å². The third-order valence-electron chi connectivity index (χ3n) is 5.11. The van der Waals surface area contributed by atoms with Gasteiger partial charge >= 0.3 is 0 Å². The van der Waals surface area contributed by atoms with Crippen LogP contribution in [0.5, 0.6) is 0 Å². The van der Waals surface area contributed by atoms with Crippen LogP contribution in [0.1, 0.15) is 23.4 Å². The smallest absolute Gasteiger partial charge is 0.231 e. The molecule has 1 fully saturated rings. The highest BCUT2D eigenvalue weighted by molar-refractivity contribution is 7.15. The van der Waals surface area contributed by atoms with E-state index in [1.165, 1.54) is 17.4 Å². The average molecular weight is 413 g/mol. The van der Waals surface area contributed by atoms with E-state index in [-0.39, 0.29) is 17.1 Å². The Morgan fingerprint density at radius 1 is 1.21 bits per heavy atom. The van der Waals surface area contributed by atoms with Gasteiger partial charge in [-0.05, 0) is 36.4 Å². The van der Waals surface area contributed by atoms with E-state index < -0.39 is 0 Å². The maximum atomic E-state index is 14.0. The van der Waals surface area contributed by atoms with Gasteiger partial charge in [-0.1, -0.05) is 18.2 Å². The van der Waals surface area contributed by atoms with E-state index in [1.807, 2.05) is 22.9 Å². The van der Waals surface area contributed by atoms with E-state index in [4.69, 9.17) is 0 Å². The Morgan fingerprint density at radius 3 is 2.82 bits per heavy atom. The molecular weight excluding hydrogens is 395 g/mol. The Morgan fingerprint density at radius 2 is 2.07 bits per heavy atom. The second-order valence-electron chi connectivity index (χ2n) is 6.90. The lowest BCUT2D eigenvalue weighted by Gasteiger charge is -2.13. The van der Waals surface area contributed by atoms with Crippen LogP contribution in [0.4, 0.5) is 4.39 Å². The quantitative estimate of drug-likeness (QED) is 0.520. The topological polar surface area (TPSA) is 59.3 Å². The summed E-state index contributed by atoms with van der Waals surface area (Å²) in [5.74, 6) is 0.148. The summed E-state index contributed by atoms with van der Waals surface area (Å²) in [5.41, 5.74) is 1.03. The SMILES string of the molecule is O=C(NCCc1csc2nc(-c3ccccc3F)nn12)C1(c2cccs2)CC1. The molecule has 1 saturated carbocycles. The maximum Gasteiger partial charge on any atom is 0.231 e. The molecule has 0 aliphatic heterocycles. The molecule has 0 bridgehead atoms. The van der Waals surface area contributed by atoms with Crippen LogP contribution >= 0.6 is 22.7 Å². The number of thiophene rings is 1. The largest absolute Gasteiger partial charge is 0.355 e. The predicted molar refractivity (Wildman–Crippen MR) is 108 cm³/mol. The summed E-state index contributed by atoms with van der Waals surface area (Å²) < 4.78 is 15.7. The number of rotatable bonds is 6. The van der Waals surface area contributed by atoms with Crippen LogP contribution in [0.25, 0.3) is 16.3 Å². The molecule has 142 valence electrons. The van der Waals surface area contributed by atoms with Gasteiger partial charge in [0.1, 0.15) is 5.82 Å². The zero-order chi connectivity index (χ0) is 19.1. The number of halogens is 1. The zero-order valence-corrected chi connectivity index (χ0v) is 16.5. The maximum absolute atomic E-state index is 14.0. The number of thiazole rings is 1. The van der Waals surface area contributed by atoms with Crippen LogP contribution in [0.2, 0.25) is 0 Å². The molecule has 1 aromatic carbocycles. The van der Waals surface area contributed by atoms with Crippen molar-refractivity contribution < 1.29 is 9.18 Å². The molecule has 0 unspecified atom stereocenters. The lowest BCUT2D eigenvalue weighted by molar-refractivity contribution is -0.123. The molecule has 5 nitrogen and oxygen atoms in total. The number of hydrogen-bond acceptors (Lipinski definition) is 5. The molecule has 0 atom stereocenters. The average Bonchev–Trinajstić information content (AvgIpc) is 3.05. The summed E-state index contributed by atoms with van der Waals surface area (Å²) >= 11 is 3.11. The van der Waals surface area contributed by atoms with Crippen molar-refractivity contribution in [2.24, 2.45) is 0 Å². The van der Waals surface area contributed by atoms with Crippen LogP contribution in [0, 0.1) is 5.82 Å². The first-order chi connectivity index (χ1) is 13.7. The molecule has 3 aromatic heterocycles. The molecule has 0 spiro atoms. The van der Waals surface area contributed by atoms with Gasteiger partial charge in [0.2, 0.25) is 10.9 Å². The molecule has 1 amide bonds. The Bertz CT molecular complexity index is 1140. The molecule has 0 saturated heterocycles. The third-order valence-corrected chi connectivity index (χ3v) is 7.05. The van der Waals surface area contributed by atoms with Crippen LogP contribution in [0.15, 0.2) is 47.2 Å². The second kappa shape index (κ2) is 6.79. The van der Waals surface area contributed by atoms with Crippen LogP contribution in [-0.4, -0.2) is 27.0 Å². The predicted octanol–water partition coefficient (Wildman–Crippen LogP) is 4.05. The van der Waals surface area contributed by atoms with Gasteiger partial charge in [0, 0.05) is 23.2 Å². The summed E-state index contributed by atoms with van der Waals surface area (Å²) in [6.45, 7) is 0.534. The third kappa shape index (κ3) is 2.93. The number of nitrogens with zero attached hydrogens (tertiary/aromatic N) is 3. The van der Waals surface area contributed by atoms with Gasteiger partial charge in [0.05, 0.1) is 16.7 Å². The summed E-state index contributed by atoms with van der Waals surface area (Å²) in [4.78, 5) is 19.0. The fourth-order valence-corrected chi connectivity index (χ4v) is 5.23. The number of amides is 1. The molecule has 3 heterocycles. The van der Waals surface area contributed by atoms with Crippen LogP contribution in [-0.2, 0) is 16.6 Å². The van der Waals surface area contributed by atoms with Crippen molar-refractivity contribution >= 4 is 33.5 Å². The zero-order valence-electron chi connectivity index (χ0n) is 14.9. The molecule has 0 radical (unpaired) electrons. The standard InChI is InChI=1S/C20H17FN4OS2/c21-15-5-2-1-4-14(15)17-23-19-25(24-17)13(12-28-19)7-10-22-18(26)20(8-9-20)16-6-3-11-27-16/h1-6,11-12H,7-10H2,(H,22,26). The van der Waals surface area contributed by atoms with Crippen molar-refractivity contribution in [3.8, 4) is 11.4 Å². The summed E-state index contributed by atoms with van der Waals surface area (Å²) in [7, 11) is 0. The van der Waals surface area contributed by atoms with Crippen LogP contribution < -0.4 is 5.32 Å². The molecule has 1 aliphatic carbocycles. The normalized spacial score (nSPS) is 15.0. The molecule has 1 N–H and O–H groups in total. The minimum atomic E-state index is -0.335. The summed E-state index contributed by atoms with van der Waals surface area (Å²) in [5, 5.41) is 11.5. The molecular formula is C20H17FN4OS2. The monoisotopic (exact) mass is 412 g/mol. The Labute approximate surface area is 168 Å². The number of carbonyl (C=O) groups excluding carboxylic acids is 1. The number of carbonyl (C=O) groups is 1. The molecule has 8 heteroatoms. The summed E-state index contributed by atoms with van der Waals surface area (Å²) in [6.07, 6.45) is 2.47. The van der Waals surface area contributed by atoms with Crippen LogP contribution in [0.3, 0.4) is 0 Å². The van der Waals surface area contributed by atoms with Crippen molar-refractivity contribution in [1.82, 2.24) is 19.9 Å². The van der Waals surface area contributed by atoms with E-state index in [9.17, 15) is 9.18 Å². The fourth-order valence-electron chi connectivity index (χ4n) is 3.39.